The number of carbonyl (C=O) groups excluding carboxylic acids is 2. The Morgan fingerprint density at radius 1 is 1.27 bits per heavy atom. The average Bonchev–Trinajstić information content (AvgIpc) is 2.62. The van der Waals surface area contributed by atoms with Gasteiger partial charge in [-0.05, 0) is 30.2 Å². The average molecular weight is 373 g/mol. The van der Waals surface area contributed by atoms with E-state index in [0.717, 1.165) is 11.1 Å². The second-order valence-corrected chi connectivity index (χ2v) is 6.79. The SMILES string of the molecule is Cc1ccc(Cl)cc1NC(=O)CC1C(=O)OCCN1Cc1ccccc1. The molecule has 6 heteroatoms. The van der Waals surface area contributed by atoms with Crippen LogP contribution in [0.5, 0.6) is 0 Å². The van der Waals surface area contributed by atoms with Crippen molar-refractivity contribution in [2.45, 2.75) is 25.9 Å². The smallest absolute Gasteiger partial charge is 0.323 e. The monoisotopic (exact) mass is 372 g/mol. The first-order chi connectivity index (χ1) is 12.5. The fraction of sp³-hybridized carbons (Fsp3) is 0.300. The van der Waals surface area contributed by atoms with Crippen LogP contribution in [-0.4, -0.2) is 36.0 Å². The molecule has 1 aliphatic heterocycles. The first kappa shape index (κ1) is 18.4. The van der Waals surface area contributed by atoms with Gasteiger partial charge in [-0.25, -0.2) is 0 Å². The van der Waals surface area contributed by atoms with E-state index in [2.05, 4.69) is 5.32 Å². The topological polar surface area (TPSA) is 58.6 Å². The number of morpholine rings is 1. The van der Waals surface area contributed by atoms with Crippen molar-refractivity contribution in [3.05, 3.63) is 64.7 Å². The molecule has 0 aliphatic carbocycles. The van der Waals surface area contributed by atoms with E-state index < -0.39 is 6.04 Å². The molecule has 0 bridgehead atoms. The lowest BCUT2D eigenvalue weighted by atomic mass is 10.1. The van der Waals surface area contributed by atoms with Gasteiger partial charge in [0.25, 0.3) is 0 Å². The van der Waals surface area contributed by atoms with E-state index in [4.69, 9.17) is 16.3 Å². The van der Waals surface area contributed by atoms with Crippen LogP contribution in [0.25, 0.3) is 0 Å². The van der Waals surface area contributed by atoms with Crippen molar-refractivity contribution < 1.29 is 14.3 Å². The van der Waals surface area contributed by atoms with E-state index in [-0.39, 0.29) is 18.3 Å². The van der Waals surface area contributed by atoms with Crippen molar-refractivity contribution in [1.29, 1.82) is 0 Å². The lowest BCUT2D eigenvalue weighted by Crippen LogP contribution is -2.49. The predicted molar refractivity (Wildman–Crippen MR) is 101 cm³/mol. The minimum atomic E-state index is -0.594. The summed E-state index contributed by atoms with van der Waals surface area (Å²) in [4.78, 5) is 26.7. The van der Waals surface area contributed by atoms with Crippen molar-refractivity contribution in [1.82, 2.24) is 4.90 Å². The Morgan fingerprint density at radius 3 is 2.81 bits per heavy atom. The number of esters is 1. The van der Waals surface area contributed by atoms with E-state index in [1.807, 2.05) is 48.2 Å². The number of benzene rings is 2. The number of ether oxygens (including phenoxy) is 1. The summed E-state index contributed by atoms with van der Waals surface area (Å²) >= 11 is 6.00. The highest BCUT2D eigenvalue weighted by molar-refractivity contribution is 6.31. The zero-order chi connectivity index (χ0) is 18.5. The quantitative estimate of drug-likeness (QED) is 0.817. The summed E-state index contributed by atoms with van der Waals surface area (Å²) in [7, 11) is 0. The summed E-state index contributed by atoms with van der Waals surface area (Å²) in [5, 5.41) is 3.40. The number of rotatable bonds is 5. The molecule has 1 aliphatic rings. The molecular formula is C20H21ClN2O3. The van der Waals surface area contributed by atoms with Gasteiger partial charge in [0.2, 0.25) is 5.91 Å². The fourth-order valence-electron chi connectivity index (χ4n) is 2.99. The standard InChI is InChI=1S/C20H21ClN2O3/c1-14-7-8-16(21)11-17(14)22-19(24)12-18-20(25)26-10-9-23(18)13-15-5-3-2-4-6-15/h2-8,11,18H,9-10,12-13H2,1H3,(H,22,24). The second kappa shape index (κ2) is 8.34. The van der Waals surface area contributed by atoms with E-state index in [1.54, 1.807) is 12.1 Å². The molecule has 1 atom stereocenters. The number of carbonyl (C=O) groups is 2. The van der Waals surface area contributed by atoms with Gasteiger partial charge in [0, 0.05) is 23.8 Å². The lowest BCUT2D eigenvalue weighted by molar-refractivity contribution is -0.159. The van der Waals surface area contributed by atoms with Crippen LogP contribution < -0.4 is 5.32 Å². The molecule has 5 nitrogen and oxygen atoms in total. The number of hydrogen-bond donors (Lipinski definition) is 1. The summed E-state index contributed by atoms with van der Waals surface area (Å²) < 4.78 is 5.17. The first-order valence-corrected chi connectivity index (χ1v) is 8.91. The summed E-state index contributed by atoms with van der Waals surface area (Å²) in [6.07, 6.45) is 0.0393. The molecule has 1 fully saturated rings. The summed E-state index contributed by atoms with van der Waals surface area (Å²) in [6, 6.07) is 14.6. The van der Waals surface area contributed by atoms with Crippen LogP contribution >= 0.6 is 11.6 Å². The summed E-state index contributed by atoms with van der Waals surface area (Å²) in [6.45, 7) is 3.44. The highest BCUT2D eigenvalue weighted by atomic mass is 35.5. The molecule has 0 radical (unpaired) electrons. The summed E-state index contributed by atoms with van der Waals surface area (Å²) in [5.74, 6) is -0.595. The Bertz CT molecular complexity index is 795. The van der Waals surface area contributed by atoms with Gasteiger partial charge < -0.3 is 10.1 Å². The third kappa shape index (κ3) is 4.62. The van der Waals surface area contributed by atoms with E-state index in [9.17, 15) is 9.59 Å². The van der Waals surface area contributed by atoms with Crippen molar-refractivity contribution in [3.63, 3.8) is 0 Å². The van der Waals surface area contributed by atoms with Gasteiger partial charge in [0.1, 0.15) is 12.6 Å². The number of anilines is 1. The van der Waals surface area contributed by atoms with Gasteiger partial charge in [-0.15, -0.1) is 0 Å². The van der Waals surface area contributed by atoms with Crippen LogP contribution in [0.15, 0.2) is 48.5 Å². The highest BCUT2D eigenvalue weighted by Gasteiger charge is 2.33. The van der Waals surface area contributed by atoms with Crippen LogP contribution in [0.2, 0.25) is 5.02 Å². The van der Waals surface area contributed by atoms with Crippen molar-refractivity contribution in [3.8, 4) is 0 Å². The molecule has 26 heavy (non-hydrogen) atoms. The fourth-order valence-corrected chi connectivity index (χ4v) is 3.16. The number of aryl methyl sites for hydroxylation is 1. The van der Waals surface area contributed by atoms with Crippen LogP contribution in [0, 0.1) is 6.92 Å². The first-order valence-electron chi connectivity index (χ1n) is 8.53. The van der Waals surface area contributed by atoms with Gasteiger partial charge >= 0.3 is 5.97 Å². The molecule has 1 amide bonds. The number of nitrogens with zero attached hydrogens (tertiary/aromatic N) is 1. The van der Waals surface area contributed by atoms with Gasteiger partial charge in [0.15, 0.2) is 0 Å². The van der Waals surface area contributed by atoms with Crippen molar-refractivity contribution in [2.75, 3.05) is 18.5 Å². The Labute approximate surface area is 157 Å². The van der Waals surface area contributed by atoms with Crippen LogP contribution in [0.3, 0.4) is 0 Å². The Balaban J connectivity index is 1.69. The maximum Gasteiger partial charge on any atom is 0.323 e. The zero-order valence-corrected chi connectivity index (χ0v) is 15.3. The highest BCUT2D eigenvalue weighted by Crippen LogP contribution is 2.22. The van der Waals surface area contributed by atoms with Gasteiger partial charge in [-0.1, -0.05) is 48.0 Å². The Morgan fingerprint density at radius 2 is 2.04 bits per heavy atom. The minimum absolute atomic E-state index is 0.0393. The summed E-state index contributed by atoms with van der Waals surface area (Å²) in [5.41, 5.74) is 2.66. The van der Waals surface area contributed by atoms with Crippen LogP contribution in [0.1, 0.15) is 17.5 Å². The molecule has 0 aromatic heterocycles. The molecule has 1 N–H and O–H groups in total. The third-order valence-corrected chi connectivity index (χ3v) is 4.65. The molecule has 1 unspecified atom stereocenters. The van der Waals surface area contributed by atoms with Crippen LogP contribution in [-0.2, 0) is 20.9 Å². The van der Waals surface area contributed by atoms with Crippen molar-refractivity contribution in [2.24, 2.45) is 0 Å². The van der Waals surface area contributed by atoms with E-state index in [1.165, 1.54) is 0 Å². The number of hydrogen-bond acceptors (Lipinski definition) is 4. The molecule has 0 spiro atoms. The van der Waals surface area contributed by atoms with Crippen molar-refractivity contribution >= 4 is 29.2 Å². The second-order valence-electron chi connectivity index (χ2n) is 6.35. The number of nitrogens with one attached hydrogen (secondary N) is 1. The molecule has 1 saturated heterocycles. The van der Waals surface area contributed by atoms with Crippen LogP contribution in [0.4, 0.5) is 5.69 Å². The Hall–Kier alpha value is -2.37. The zero-order valence-electron chi connectivity index (χ0n) is 14.6. The maximum atomic E-state index is 12.5. The largest absolute Gasteiger partial charge is 0.463 e. The molecule has 1 heterocycles. The third-order valence-electron chi connectivity index (χ3n) is 4.42. The number of cyclic esters (lactones) is 1. The van der Waals surface area contributed by atoms with Gasteiger partial charge in [-0.3, -0.25) is 14.5 Å². The number of amides is 1. The Kier molecular flexibility index (Phi) is 5.91. The molecule has 136 valence electrons. The maximum absolute atomic E-state index is 12.5. The molecule has 0 saturated carbocycles. The minimum Gasteiger partial charge on any atom is -0.463 e. The molecular weight excluding hydrogens is 352 g/mol. The van der Waals surface area contributed by atoms with E-state index in [0.29, 0.717) is 30.4 Å². The number of halogens is 1. The molecule has 2 aromatic carbocycles. The predicted octanol–water partition coefficient (Wildman–Crippen LogP) is 3.40. The normalized spacial score (nSPS) is 17.6. The van der Waals surface area contributed by atoms with Gasteiger partial charge in [-0.2, -0.15) is 0 Å². The lowest BCUT2D eigenvalue weighted by Gasteiger charge is -2.33. The van der Waals surface area contributed by atoms with E-state index >= 15 is 0 Å². The molecule has 2 aromatic rings. The molecule has 3 rings (SSSR count). The van der Waals surface area contributed by atoms with Gasteiger partial charge in [0.05, 0.1) is 6.42 Å².